The largest absolute Gasteiger partial charge is 0.508 e. The molecule has 2 unspecified atom stereocenters. The minimum absolute atomic E-state index is 0.0251. The lowest BCUT2D eigenvalue weighted by Crippen LogP contribution is -2.29. The first-order valence-electron chi connectivity index (χ1n) is 15.4. The van der Waals surface area contributed by atoms with Crippen LogP contribution in [0.5, 0.6) is 23.0 Å². The van der Waals surface area contributed by atoms with Gasteiger partial charge in [0.2, 0.25) is 5.91 Å². The maximum atomic E-state index is 13.5. The third-order valence-electron chi connectivity index (χ3n) is 8.08. The first-order valence-corrected chi connectivity index (χ1v) is 15.4. The molecule has 10 heteroatoms. The van der Waals surface area contributed by atoms with E-state index in [1.54, 1.807) is 55.5 Å². The smallest absolute Gasteiger partial charge is 0.342 e. The van der Waals surface area contributed by atoms with Gasteiger partial charge in [-0.25, -0.2) is 4.79 Å². The van der Waals surface area contributed by atoms with E-state index in [9.17, 15) is 34.8 Å². The number of phenols is 3. The second-order valence-corrected chi connectivity index (χ2v) is 11.5. The molecule has 244 valence electrons. The number of phenolic OH excluding ortho intramolecular Hbond substituents is 3. The average Bonchev–Trinajstić information content (AvgIpc) is 3.02. The third kappa shape index (κ3) is 8.88. The quantitative estimate of drug-likeness (QED) is 0.197. The number of fused-ring (bicyclic) bond motifs is 1. The van der Waals surface area contributed by atoms with Crippen molar-refractivity contribution in [2.45, 2.75) is 70.0 Å². The predicted octanol–water partition coefficient (Wildman–Crippen LogP) is 5.67. The lowest BCUT2D eigenvalue weighted by atomic mass is 9.84. The van der Waals surface area contributed by atoms with Gasteiger partial charge in [-0.05, 0) is 79.6 Å². The molecule has 0 aromatic heterocycles. The second-order valence-electron chi connectivity index (χ2n) is 11.5. The zero-order valence-corrected chi connectivity index (χ0v) is 26.1. The van der Waals surface area contributed by atoms with Gasteiger partial charge in [0.15, 0.2) is 0 Å². The summed E-state index contributed by atoms with van der Waals surface area (Å²) in [5.74, 6) is -2.24. The maximum absolute atomic E-state index is 13.5. The number of carbonyl (C=O) groups is 3. The van der Waals surface area contributed by atoms with Crippen molar-refractivity contribution in [3.05, 3.63) is 88.5 Å². The second kappa shape index (κ2) is 15.9. The number of allylic oxidation sites excluding steroid dienone is 1. The molecule has 0 spiro atoms. The summed E-state index contributed by atoms with van der Waals surface area (Å²) in [6, 6.07) is 14.1. The van der Waals surface area contributed by atoms with Gasteiger partial charge in [0, 0.05) is 37.3 Å². The molecule has 0 saturated heterocycles. The minimum atomic E-state index is -1.04. The van der Waals surface area contributed by atoms with E-state index in [1.807, 2.05) is 0 Å². The number of carbonyl (C=O) groups excluding carboxylic acids is 3. The topological polar surface area (TPSA) is 163 Å². The SMILES string of the molecule is COc1ccc(C(CC(=O)NCC(O)c2ccc(O)cc2)c2c(O)cc3c(c2O)C(=O)O[C@@H](C)CCCC(=O)CCC/C=C/3)cc1. The molecule has 1 heterocycles. The number of Topliss-reactive ketones (excluding diaryl/α,β-unsaturated/α-hetero) is 1. The summed E-state index contributed by atoms with van der Waals surface area (Å²) in [5, 5.41) is 45.8. The van der Waals surface area contributed by atoms with Crippen molar-refractivity contribution in [1.82, 2.24) is 5.32 Å². The lowest BCUT2D eigenvalue weighted by molar-refractivity contribution is -0.122. The van der Waals surface area contributed by atoms with Gasteiger partial charge in [0.25, 0.3) is 0 Å². The Kier molecular flexibility index (Phi) is 11.8. The van der Waals surface area contributed by atoms with Crippen LogP contribution in [0.4, 0.5) is 0 Å². The van der Waals surface area contributed by atoms with Crippen molar-refractivity contribution in [2.24, 2.45) is 0 Å². The Labute approximate surface area is 268 Å². The normalized spacial score (nSPS) is 17.9. The van der Waals surface area contributed by atoms with Crippen LogP contribution in [-0.4, -0.2) is 57.8 Å². The van der Waals surface area contributed by atoms with Crippen molar-refractivity contribution in [3.63, 3.8) is 0 Å². The molecule has 1 amide bonds. The molecule has 3 aromatic carbocycles. The first kappa shape index (κ1) is 34.1. The summed E-state index contributed by atoms with van der Waals surface area (Å²) in [4.78, 5) is 39.0. The van der Waals surface area contributed by atoms with Gasteiger partial charge in [-0.15, -0.1) is 0 Å². The zero-order chi connectivity index (χ0) is 33.2. The average molecular weight is 632 g/mol. The van der Waals surface area contributed by atoms with Gasteiger partial charge in [-0.3, -0.25) is 9.59 Å². The summed E-state index contributed by atoms with van der Waals surface area (Å²) >= 11 is 0. The number of cyclic esters (lactones) is 1. The van der Waals surface area contributed by atoms with Crippen LogP contribution < -0.4 is 10.1 Å². The molecule has 5 N–H and O–H groups in total. The number of aliphatic hydroxyl groups excluding tert-OH is 1. The van der Waals surface area contributed by atoms with Gasteiger partial charge >= 0.3 is 5.97 Å². The van der Waals surface area contributed by atoms with E-state index >= 15 is 0 Å². The van der Waals surface area contributed by atoms with Crippen LogP contribution >= 0.6 is 0 Å². The summed E-state index contributed by atoms with van der Waals surface area (Å²) in [7, 11) is 1.52. The van der Waals surface area contributed by atoms with Crippen molar-refractivity contribution in [3.8, 4) is 23.0 Å². The van der Waals surface area contributed by atoms with Crippen molar-refractivity contribution in [1.29, 1.82) is 0 Å². The van der Waals surface area contributed by atoms with Crippen molar-refractivity contribution < 1.29 is 44.3 Å². The molecule has 0 saturated carbocycles. The van der Waals surface area contributed by atoms with Crippen LogP contribution in [0.25, 0.3) is 6.08 Å². The Balaban J connectivity index is 1.70. The fraction of sp³-hybridized carbons (Fsp3) is 0.361. The molecule has 1 aliphatic rings. The van der Waals surface area contributed by atoms with Gasteiger partial charge in [0.1, 0.15) is 34.3 Å². The highest BCUT2D eigenvalue weighted by Gasteiger charge is 2.31. The summed E-state index contributed by atoms with van der Waals surface area (Å²) in [6.45, 7) is 1.60. The number of hydrogen-bond donors (Lipinski definition) is 5. The third-order valence-corrected chi connectivity index (χ3v) is 8.08. The van der Waals surface area contributed by atoms with Crippen molar-refractivity contribution >= 4 is 23.7 Å². The first-order chi connectivity index (χ1) is 22.1. The number of hydrogen-bond acceptors (Lipinski definition) is 9. The highest BCUT2D eigenvalue weighted by atomic mass is 16.5. The molecule has 0 radical (unpaired) electrons. The highest BCUT2D eigenvalue weighted by molar-refractivity contribution is 5.98. The number of aliphatic hydroxyl groups is 1. The van der Waals surface area contributed by atoms with E-state index in [2.05, 4.69) is 5.32 Å². The Hall–Kier alpha value is -4.83. The molecule has 3 aromatic rings. The molecular formula is C36H41NO9. The van der Waals surface area contributed by atoms with Gasteiger partial charge in [-0.1, -0.05) is 36.4 Å². The Morgan fingerprint density at radius 1 is 1.00 bits per heavy atom. The molecule has 0 bridgehead atoms. The number of rotatable bonds is 8. The van der Waals surface area contributed by atoms with E-state index in [0.29, 0.717) is 55.4 Å². The van der Waals surface area contributed by atoms with Crippen molar-refractivity contribution in [2.75, 3.05) is 13.7 Å². The molecule has 0 aliphatic carbocycles. The van der Waals surface area contributed by atoms with Crippen LogP contribution in [0.1, 0.15) is 96.5 Å². The number of ether oxygens (including phenoxy) is 2. The van der Waals surface area contributed by atoms with E-state index in [1.165, 1.54) is 25.3 Å². The fourth-order valence-corrected chi connectivity index (χ4v) is 5.52. The van der Waals surface area contributed by atoms with Gasteiger partial charge in [-0.2, -0.15) is 0 Å². The minimum Gasteiger partial charge on any atom is -0.508 e. The van der Waals surface area contributed by atoms with Crippen LogP contribution in [-0.2, 0) is 14.3 Å². The van der Waals surface area contributed by atoms with Gasteiger partial charge < -0.3 is 35.2 Å². The number of amides is 1. The Morgan fingerprint density at radius 3 is 2.37 bits per heavy atom. The number of ketones is 1. The zero-order valence-electron chi connectivity index (χ0n) is 26.1. The highest BCUT2D eigenvalue weighted by Crippen LogP contribution is 2.44. The maximum Gasteiger partial charge on any atom is 0.342 e. The monoisotopic (exact) mass is 631 g/mol. The number of aromatic hydroxyl groups is 3. The van der Waals surface area contributed by atoms with E-state index in [-0.39, 0.29) is 46.9 Å². The molecule has 4 rings (SSSR count). The number of benzene rings is 3. The van der Waals surface area contributed by atoms with Crippen LogP contribution in [0.3, 0.4) is 0 Å². The van der Waals surface area contributed by atoms with E-state index < -0.39 is 35.8 Å². The Morgan fingerprint density at radius 2 is 1.67 bits per heavy atom. The van der Waals surface area contributed by atoms with Crippen LogP contribution in [0.2, 0.25) is 0 Å². The van der Waals surface area contributed by atoms with Crippen LogP contribution in [0.15, 0.2) is 60.7 Å². The van der Waals surface area contributed by atoms with E-state index in [4.69, 9.17) is 9.47 Å². The standard InChI is InChI=1S/C36H41NO9/c1-22-7-6-10-26(38)9-5-3-4-8-25-19-30(40)34(35(43)33(25)36(44)46-22)29(23-13-17-28(45-2)18-14-23)20-32(42)37-21-31(41)24-11-15-27(39)16-12-24/h4,8,11-19,22,29,31,39-41,43H,3,5-7,9-10,20-21H2,1-2H3,(H,37,42)/b8-4+/t22-,29?,31?/m0/s1. The summed E-state index contributed by atoms with van der Waals surface area (Å²) in [6.07, 6.45) is 4.66. The van der Waals surface area contributed by atoms with E-state index in [0.717, 1.165) is 0 Å². The number of methoxy groups -OCH3 is 1. The molecule has 46 heavy (non-hydrogen) atoms. The number of esters is 1. The van der Waals surface area contributed by atoms with Crippen LogP contribution in [0, 0.1) is 0 Å². The molecule has 1 aliphatic heterocycles. The molecular weight excluding hydrogens is 590 g/mol. The molecule has 0 fully saturated rings. The number of nitrogens with one attached hydrogen (secondary N) is 1. The molecule has 3 atom stereocenters. The summed E-state index contributed by atoms with van der Waals surface area (Å²) in [5.41, 5.74) is 1.14. The predicted molar refractivity (Wildman–Crippen MR) is 172 cm³/mol. The Bertz CT molecular complexity index is 1550. The summed E-state index contributed by atoms with van der Waals surface area (Å²) < 4.78 is 11.0. The lowest BCUT2D eigenvalue weighted by Gasteiger charge is -2.23. The van der Waals surface area contributed by atoms with Gasteiger partial charge in [0.05, 0.1) is 19.3 Å². The molecule has 10 nitrogen and oxygen atoms in total. The fourth-order valence-electron chi connectivity index (χ4n) is 5.52.